The number of amides is 1. The maximum absolute atomic E-state index is 11.8. The summed E-state index contributed by atoms with van der Waals surface area (Å²) in [6.45, 7) is 1.92. The summed E-state index contributed by atoms with van der Waals surface area (Å²) in [5.41, 5.74) is 2.61. The molecule has 1 aromatic heterocycles. The number of carbonyl (C=O) groups excluding carboxylic acids is 1. The van der Waals surface area contributed by atoms with Crippen molar-refractivity contribution in [2.45, 2.75) is 45.1 Å². The summed E-state index contributed by atoms with van der Waals surface area (Å²) in [4.78, 5) is 11.8. The number of nitrogens with one attached hydrogen (secondary N) is 1. The number of hydrogen-bond acceptors (Lipinski definition) is 1. The lowest BCUT2D eigenvalue weighted by Gasteiger charge is -2.06. The van der Waals surface area contributed by atoms with Crippen molar-refractivity contribution in [2.24, 2.45) is 0 Å². The maximum Gasteiger partial charge on any atom is 0.220 e. The number of aromatic nitrogens is 1. The Hall–Kier alpha value is -1.77. The summed E-state index contributed by atoms with van der Waals surface area (Å²) >= 11 is 0. The zero-order chi connectivity index (χ0) is 13.8. The molecule has 0 saturated carbocycles. The van der Waals surface area contributed by atoms with Crippen molar-refractivity contribution >= 4 is 16.8 Å². The van der Waals surface area contributed by atoms with Gasteiger partial charge in [-0.3, -0.25) is 4.79 Å². The van der Waals surface area contributed by atoms with E-state index >= 15 is 0 Å². The molecule has 1 aliphatic rings. The molecule has 0 atom stereocenters. The minimum absolute atomic E-state index is 0.182. The second-order valence-corrected chi connectivity index (χ2v) is 5.63. The molecule has 106 valence electrons. The quantitative estimate of drug-likeness (QED) is 0.783. The summed E-state index contributed by atoms with van der Waals surface area (Å²) in [6, 6.07) is 8.54. The Morgan fingerprint density at radius 1 is 1.00 bits per heavy atom. The van der Waals surface area contributed by atoms with E-state index in [4.69, 9.17) is 0 Å². The highest BCUT2D eigenvalue weighted by molar-refractivity contribution is 5.85. The molecule has 2 aromatic rings. The van der Waals surface area contributed by atoms with E-state index in [1.165, 1.54) is 35.7 Å². The second kappa shape index (κ2) is 6.12. The largest absolute Gasteiger partial charge is 0.356 e. The Labute approximate surface area is 120 Å². The number of hydrogen-bond donors (Lipinski definition) is 1. The summed E-state index contributed by atoms with van der Waals surface area (Å²) in [6.07, 6.45) is 8.42. The summed E-state index contributed by atoms with van der Waals surface area (Å²) in [7, 11) is 0. The van der Waals surface area contributed by atoms with Crippen LogP contribution in [0, 0.1) is 0 Å². The lowest BCUT2D eigenvalue weighted by Crippen LogP contribution is -2.24. The fourth-order valence-electron chi connectivity index (χ4n) is 3.03. The van der Waals surface area contributed by atoms with Gasteiger partial charge in [0.2, 0.25) is 5.91 Å². The van der Waals surface area contributed by atoms with Gasteiger partial charge in [0, 0.05) is 36.6 Å². The highest BCUT2D eigenvalue weighted by atomic mass is 16.1. The van der Waals surface area contributed by atoms with Gasteiger partial charge < -0.3 is 9.88 Å². The van der Waals surface area contributed by atoms with Gasteiger partial charge in [0.25, 0.3) is 0 Å². The number of aryl methyl sites for hydroxylation is 2. The van der Waals surface area contributed by atoms with E-state index in [-0.39, 0.29) is 5.91 Å². The smallest absolute Gasteiger partial charge is 0.220 e. The topological polar surface area (TPSA) is 34.0 Å². The summed E-state index contributed by atoms with van der Waals surface area (Å²) in [5, 5.41) is 4.33. The monoisotopic (exact) mass is 270 g/mol. The average molecular weight is 270 g/mol. The number of benzene rings is 1. The first-order valence-electron chi connectivity index (χ1n) is 7.68. The molecule has 1 aromatic carbocycles. The van der Waals surface area contributed by atoms with Gasteiger partial charge in [-0.05, 0) is 30.9 Å². The SMILES string of the molecule is O=C1CCc2cn(c3ccccc23)CCCCCCN1. The summed E-state index contributed by atoms with van der Waals surface area (Å²) < 4.78 is 2.36. The van der Waals surface area contributed by atoms with E-state index in [9.17, 15) is 4.79 Å². The van der Waals surface area contributed by atoms with Crippen molar-refractivity contribution in [3.8, 4) is 0 Å². The van der Waals surface area contributed by atoms with Crippen molar-refractivity contribution in [3.63, 3.8) is 0 Å². The zero-order valence-corrected chi connectivity index (χ0v) is 11.9. The molecule has 2 heterocycles. The van der Waals surface area contributed by atoms with Crippen molar-refractivity contribution in [1.82, 2.24) is 9.88 Å². The lowest BCUT2D eigenvalue weighted by atomic mass is 10.1. The van der Waals surface area contributed by atoms with Gasteiger partial charge in [-0.15, -0.1) is 0 Å². The van der Waals surface area contributed by atoms with Crippen LogP contribution in [0.25, 0.3) is 10.9 Å². The molecule has 0 unspecified atom stereocenters. The Morgan fingerprint density at radius 3 is 2.80 bits per heavy atom. The Morgan fingerprint density at radius 2 is 1.85 bits per heavy atom. The lowest BCUT2D eigenvalue weighted by molar-refractivity contribution is -0.121. The molecule has 20 heavy (non-hydrogen) atoms. The molecule has 3 heteroatoms. The molecule has 0 fully saturated rings. The van der Waals surface area contributed by atoms with Crippen LogP contribution in [0.15, 0.2) is 30.5 Å². The molecular weight excluding hydrogens is 248 g/mol. The normalized spacial score (nSPS) is 17.9. The van der Waals surface area contributed by atoms with E-state index in [0.717, 1.165) is 25.9 Å². The molecule has 3 nitrogen and oxygen atoms in total. The van der Waals surface area contributed by atoms with Crippen LogP contribution in [0.4, 0.5) is 0 Å². The minimum atomic E-state index is 0.182. The number of fused-ring (bicyclic) bond motifs is 5. The fourth-order valence-corrected chi connectivity index (χ4v) is 3.03. The average Bonchev–Trinajstić information content (AvgIpc) is 2.83. The predicted octanol–water partition coefficient (Wildman–Crippen LogP) is 3.26. The van der Waals surface area contributed by atoms with Gasteiger partial charge in [-0.1, -0.05) is 31.0 Å². The van der Waals surface area contributed by atoms with Crippen LogP contribution in [0.3, 0.4) is 0 Å². The zero-order valence-electron chi connectivity index (χ0n) is 11.9. The molecule has 0 saturated heterocycles. The molecule has 3 rings (SSSR count). The van der Waals surface area contributed by atoms with Crippen LogP contribution in [0.5, 0.6) is 0 Å². The van der Waals surface area contributed by atoms with Gasteiger partial charge in [0.1, 0.15) is 0 Å². The third kappa shape index (κ3) is 2.87. The van der Waals surface area contributed by atoms with E-state index in [1.54, 1.807) is 0 Å². The van der Waals surface area contributed by atoms with Crippen LogP contribution in [-0.2, 0) is 17.8 Å². The Kier molecular flexibility index (Phi) is 4.05. The first kappa shape index (κ1) is 13.2. The van der Waals surface area contributed by atoms with Gasteiger partial charge in [0.15, 0.2) is 0 Å². The van der Waals surface area contributed by atoms with Crippen molar-refractivity contribution < 1.29 is 4.79 Å². The van der Waals surface area contributed by atoms with Gasteiger partial charge >= 0.3 is 0 Å². The van der Waals surface area contributed by atoms with E-state index in [2.05, 4.69) is 40.3 Å². The first-order valence-corrected chi connectivity index (χ1v) is 7.68. The van der Waals surface area contributed by atoms with Crippen molar-refractivity contribution in [3.05, 3.63) is 36.0 Å². The number of carbonyl (C=O) groups is 1. The Bertz CT molecular complexity index is 600. The standard InChI is InChI=1S/C17H22N2O/c20-17-10-9-14-13-19(12-6-2-1-5-11-18-17)16-8-4-3-7-15(14)16/h3-4,7-8,13H,1-2,5-6,9-12H2,(H,18,20). The van der Waals surface area contributed by atoms with E-state index in [1.807, 2.05) is 0 Å². The van der Waals surface area contributed by atoms with Crippen LogP contribution in [0.1, 0.15) is 37.7 Å². The van der Waals surface area contributed by atoms with Crippen LogP contribution < -0.4 is 5.32 Å². The van der Waals surface area contributed by atoms with Gasteiger partial charge in [-0.2, -0.15) is 0 Å². The molecule has 0 aliphatic carbocycles. The van der Waals surface area contributed by atoms with Crippen molar-refractivity contribution in [2.75, 3.05) is 6.54 Å². The third-order valence-corrected chi connectivity index (χ3v) is 4.14. The van der Waals surface area contributed by atoms with Gasteiger partial charge in [-0.25, -0.2) is 0 Å². The van der Waals surface area contributed by atoms with E-state index < -0.39 is 0 Å². The molecule has 0 spiro atoms. The highest BCUT2D eigenvalue weighted by Gasteiger charge is 2.10. The first-order chi connectivity index (χ1) is 9.84. The van der Waals surface area contributed by atoms with Crippen molar-refractivity contribution in [1.29, 1.82) is 0 Å². The molecule has 1 aliphatic heterocycles. The number of rotatable bonds is 0. The fraction of sp³-hybridized carbons (Fsp3) is 0.471. The summed E-state index contributed by atoms with van der Waals surface area (Å²) in [5.74, 6) is 0.182. The maximum atomic E-state index is 11.8. The van der Waals surface area contributed by atoms with Crippen LogP contribution in [-0.4, -0.2) is 17.0 Å². The van der Waals surface area contributed by atoms with Gasteiger partial charge in [0.05, 0.1) is 0 Å². The minimum Gasteiger partial charge on any atom is -0.356 e. The third-order valence-electron chi connectivity index (χ3n) is 4.14. The molecule has 1 amide bonds. The Balaban J connectivity index is 1.90. The van der Waals surface area contributed by atoms with Crippen LogP contribution in [0.2, 0.25) is 0 Å². The number of nitrogens with zero attached hydrogens (tertiary/aromatic N) is 1. The molecule has 2 bridgehead atoms. The highest BCUT2D eigenvalue weighted by Crippen LogP contribution is 2.23. The van der Waals surface area contributed by atoms with Crippen LogP contribution >= 0.6 is 0 Å². The molecule has 1 N–H and O–H groups in total. The molecular formula is C17H22N2O. The second-order valence-electron chi connectivity index (χ2n) is 5.63. The molecule has 0 radical (unpaired) electrons. The van der Waals surface area contributed by atoms with E-state index in [0.29, 0.717) is 6.42 Å². The predicted molar refractivity (Wildman–Crippen MR) is 81.7 cm³/mol. The number of para-hydroxylation sites is 1.